The molecule has 0 unspecified atom stereocenters. The molecule has 4 nitrogen and oxygen atoms in total. The molecule has 7 heteroatoms. The molecule has 1 aliphatic heterocycles. The molecule has 2 aliphatic rings. The molecule has 0 saturated carbocycles. The molecular formula is C23H18Cl2FNO3. The minimum atomic E-state index is -1.91. The van der Waals surface area contributed by atoms with Crippen molar-refractivity contribution in [3.05, 3.63) is 83.7 Å². The molecule has 2 aromatic rings. The molecule has 1 aliphatic carbocycles. The lowest BCUT2D eigenvalue weighted by Crippen LogP contribution is -2.54. The number of phenolic OH excluding ortho intramolecular Hbond substituents is 1. The summed E-state index contributed by atoms with van der Waals surface area (Å²) in [5.74, 6) is -2.86. The van der Waals surface area contributed by atoms with Gasteiger partial charge in [0.2, 0.25) is 0 Å². The molecule has 30 heavy (non-hydrogen) atoms. The van der Waals surface area contributed by atoms with Crippen molar-refractivity contribution in [2.24, 2.45) is 0 Å². The van der Waals surface area contributed by atoms with Gasteiger partial charge < -0.3 is 5.11 Å². The SMILES string of the molecule is C=CC1=CC[C@@]2(Cl)C(=O)N(c3ccc(F)cc3)C(=O)[C@@]2(Cl)[C@H]1c1cccc(C)c1O. The van der Waals surface area contributed by atoms with E-state index in [2.05, 4.69) is 6.58 Å². The third-order valence-corrected chi connectivity index (χ3v) is 7.30. The highest BCUT2D eigenvalue weighted by atomic mass is 35.5. The zero-order chi connectivity index (χ0) is 21.8. The second kappa shape index (κ2) is 6.96. The number of fused-ring (bicyclic) bond motifs is 1. The average molecular weight is 446 g/mol. The summed E-state index contributed by atoms with van der Waals surface area (Å²) in [5, 5.41) is 10.7. The van der Waals surface area contributed by atoms with Crippen LogP contribution in [0.2, 0.25) is 0 Å². The second-order valence-corrected chi connectivity index (χ2v) is 8.73. The number of rotatable bonds is 3. The third-order valence-electron chi connectivity index (χ3n) is 5.88. The fraction of sp³-hybridized carbons (Fsp3) is 0.217. The molecule has 2 aromatic carbocycles. The Balaban J connectivity index is 1.95. The number of phenols is 1. The fourth-order valence-corrected chi connectivity index (χ4v) is 5.12. The van der Waals surface area contributed by atoms with Crippen LogP contribution in [0.3, 0.4) is 0 Å². The topological polar surface area (TPSA) is 57.6 Å². The van der Waals surface area contributed by atoms with Crippen molar-refractivity contribution in [2.45, 2.75) is 29.0 Å². The zero-order valence-corrected chi connectivity index (χ0v) is 17.5. The number of imide groups is 1. The van der Waals surface area contributed by atoms with Gasteiger partial charge in [-0.25, -0.2) is 9.29 Å². The van der Waals surface area contributed by atoms with Gasteiger partial charge in [0.25, 0.3) is 11.8 Å². The predicted molar refractivity (Wildman–Crippen MR) is 115 cm³/mol. The van der Waals surface area contributed by atoms with E-state index in [0.29, 0.717) is 16.7 Å². The van der Waals surface area contributed by atoms with E-state index in [9.17, 15) is 19.1 Å². The molecular weight excluding hydrogens is 428 g/mol. The number of aryl methyl sites for hydroxylation is 1. The van der Waals surface area contributed by atoms with Crippen molar-refractivity contribution >= 4 is 40.7 Å². The Labute approximate surface area is 183 Å². The Kier molecular flexibility index (Phi) is 4.79. The maximum absolute atomic E-state index is 13.7. The highest BCUT2D eigenvalue weighted by Crippen LogP contribution is 2.60. The molecule has 0 spiro atoms. The number of hydrogen-bond donors (Lipinski definition) is 1. The molecule has 2 amide bonds. The predicted octanol–water partition coefficient (Wildman–Crippen LogP) is 4.97. The quantitative estimate of drug-likeness (QED) is 0.535. The summed E-state index contributed by atoms with van der Waals surface area (Å²) in [6, 6.07) is 10.0. The number of alkyl halides is 2. The number of aromatic hydroxyl groups is 1. The van der Waals surface area contributed by atoms with Crippen LogP contribution in [-0.4, -0.2) is 26.7 Å². The fourth-order valence-electron chi connectivity index (χ4n) is 4.29. The van der Waals surface area contributed by atoms with E-state index in [0.717, 1.165) is 17.0 Å². The van der Waals surface area contributed by atoms with Crippen molar-refractivity contribution in [2.75, 3.05) is 4.90 Å². The first-order valence-corrected chi connectivity index (χ1v) is 10.1. The van der Waals surface area contributed by atoms with E-state index in [1.165, 1.54) is 12.1 Å². The lowest BCUT2D eigenvalue weighted by Gasteiger charge is -2.42. The van der Waals surface area contributed by atoms with Crippen molar-refractivity contribution in [1.29, 1.82) is 0 Å². The first-order chi connectivity index (χ1) is 14.2. The molecule has 154 valence electrons. The minimum Gasteiger partial charge on any atom is -0.507 e. The van der Waals surface area contributed by atoms with Crippen LogP contribution in [0.25, 0.3) is 0 Å². The van der Waals surface area contributed by atoms with Gasteiger partial charge in [0.15, 0.2) is 9.75 Å². The van der Waals surface area contributed by atoms with E-state index in [-0.39, 0.29) is 17.9 Å². The number of benzene rings is 2. The maximum atomic E-state index is 13.7. The maximum Gasteiger partial charge on any atom is 0.258 e. The molecule has 1 heterocycles. The van der Waals surface area contributed by atoms with Gasteiger partial charge >= 0.3 is 0 Å². The van der Waals surface area contributed by atoms with Crippen LogP contribution < -0.4 is 4.90 Å². The van der Waals surface area contributed by atoms with Crippen LogP contribution in [0.5, 0.6) is 5.75 Å². The number of hydrogen-bond acceptors (Lipinski definition) is 3. The standard InChI is InChI=1S/C23H18Cl2FNO3/c1-3-14-11-12-22(24)20(29)27(16-9-7-15(26)8-10-16)21(30)23(22,25)18(14)17-6-4-5-13(2)19(17)28/h3-11,18,28H,1,12H2,2H3/t18-,22-,23+/m1/s1. The van der Waals surface area contributed by atoms with Crippen LogP contribution in [0.4, 0.5) is 10.1 Å². The molecule has 1 N–H and O–H groups in total. The first kappa shape index (κ1) is 20.6. The molecule has 3 atom stereocenters. The Morgan fingerprint density at radius 2 is 1.83 bits per heavy atom. The third kappa shape index (κ3) is 2.58. The Morgan fingerprint density at radius 3 is 2.47 bits per heavy atom. The van der Waals surface area contributed by atoms with Gasteiger partial charge in [-0.3, -0.25) is 9.59 Å². The average Bonchev–Trinajstić information content (AvgIpc) is 2.88. The van der Waals surface area contributed by atoms with Crippen molar-refractivity contribution in [3.63, 3.8) is 0 Å². The number of carbonyl (C=O) groups excluding carboxylic acids is 2. The van der Waals surface area contributed by atoms with Crippen LogP contribution in [0.1, 0.15) is 23.5 Å². The zero-order valence-electron chi connectivity index (χ0n) is 16.0. The summed E-state index contributed by atoms with van der Waals surface area (Å²) in [5.41, 5.74) is 1.73. The number of para-hydroxylation sites is 1. The number of halogens is 3. The lowest BCUT2D eigenvalue weighted by molar-refractivity contribution is -0.122. The highest BCUT2D eigenvalue weighted by molar-refractivity contribution is 6.58. The number of amides is 2. The smallest absolute Gasteiger partial charge is 0.258 e. The second-order valence-electron chi connectivity index (χ2n) is 7.49. The Morgan fingerprint density at radius 1 is 1.17 bits per heavy atom. The highest BCUT2D eigenvalue weighted by Gasteiger charge is 2.73. The van der Waals surface area contributed by atoms with E-state index in [4.69, 9.17) is 23.2 Å². The van der Waals surface area contributed by atoms with E-state index in [1.807, 2.05) is 0 Å². The van der Waals surface area contributed by atoms with Crippen molar-refractivity contribution < 1.29 is 19.1 Å². The van der Waals surface area contributed by atoms with Gasteiger partial charge in [-0.1, -0.05) is 36.9 Å². The summed E-state index contributed by atoms with van der Waals surface area (Å²) >= 11 is 13.8. The van der Waals surface area contributed by atoms with Gasteiger partial charge in [-0.05, 0) is 48.7 Å². The number of carbonyl (C=O) groups is 2. The van der Waals surface area contributed by atoms with Gasteiger partial charge in [0, 0.05) is 11.5 Å². The van der Waals surface area contributed by atoms with Crippen molar-refractivity contribution in [3.8, 4) is 5.75 Å². The van der Waals surface area contributed by atoms with Crippen LogP contribution in [0.15, 0.2) is 66.8 Å². The first-order valence-electron chi connectivity index (χ1n) is 9.30. The minimum absolute atomic E-state index is 0.00472. The van der Waals surface area contributed by atoms with Gasteiger partial charge in [-0.15, -0.1) is 23.2 Å². The summed E-state index contributed by atoms with van der Waals surface area (Å²) in [4.78, 5) is 24.2. The van der Waals surface area contributed by atoms with Crippen molar-refractivity contribution in [1.82, 2.24) is 0 Å². The Bertz CT molecular complexity index is 1110. The van der Waals surface area contributed by atoms with Gasteiger partial charge in [0.05, 0.1) is 5.69 Å². The van der Waals surface area contributed by atoms with E-state index in [1.54, 1.807) is 37.3 Å². The Hall–Kier alpha value is -2.63. The molecule has 4 rings (SSSR count). The monoisotopic (exact) mass is 445 g/mol. The molecule has 0 aromatic heterocycles. The number of anilines is 1. The van der Waals surface area contributed by atoms with Crippen LogP contribution >= 0.6 is 23.2 Å². The molecule has 1 saturated heterocycles. The lowest BCUT2D eigenvalue weighted by atomic mass is 9.68. The van der Waals surface area contributed by atoms with Crippen LogP contribution in [0, 0.1) is 12.7 Å². The molecule has 1 fully saturated rings. The van der Waals surface area contributed by atoms with Crippen LogP contribution in [-0.2, 0) is 9.59 Å². The summed E-state index contributed by atoms with van der Waals surface area (Å²) in [6.45, 7) is 5.53. The largest absolute Gasteiger partial charge is 0.507 e. The number of nitrogens with zero attached hydrogens (tertiary/aromatic N) is 1. The summed E-state index contributed by atoms with van der Waals surface area (Å²) in [7, 11) is 0. The van der Waals surface area contributed by atoms with Gasteiger partial charge in [0.1, 0.15) is 11.6 Å². The van der Waals surface area contributed by atoms with Gasteiger partial charge in [-0.2, -0.15) is 0 Å². The summed E-state index contributed by atoms with van der Waals surface area (Å²) in [6.07, 6.45) is 3.27. The normalized spacial score (nSPS) is 28.3. The molecule has 0 bridgehead atoms. The number of allylic oxidation sites excluding steroid dienone is 3. The molecule has 0 radical (unpaired) electrons. The van der Waals surface area contributed by atoms with E-state index >= 15 is 0 Å². The van der Waals surface area contributed by atoms with E-state index < -0.39 is 33.3 Å². The summed E-state index contributed by atoms with van der Waals surface area (Å²) < 4.78 is 13.4.